The number of carbonyl (C=O) groups is 1. The first kappa shape index (κ1) is 17.7. The second-order valence-electron chi connectivity index (χ2n) is 6.27. The zero-order valence-corrected chi connectivity index (χ0v) is 14.5. The number of hydrogen-bond acceptors (Lipinski definition) is 6. The molecule has 1 aliphatic heterocycles. The van der Waals surface area contributed by atoms with E-state index in [2.05, 4.69) is 20.2 Å². The molecule has 0 bridgehead atoms. The van der Waals surface area contributed by atoms with Crippen molar-refractivity contribution in [3.05, 3.63) is 52.3 Å². The molecule has 1 saturated heterocycles. The van der Waals surface area contributed by atoms with Gasteiger partial charge in [-0.2, -0.15) is 0 Å². The maximum absolute atomic E-state index is 12.3. The zero-order chi connectivity index (χ0) is 18.5. The number of rotatable bonds is 5. The number of aryl methyl sites for hydroxylation is 1. The van der Waals surface area contributed by atoms with Crippen molar-refractivity contribution >= 4 is 23.2 Å². The number of piperazine rings is 1. The number of carbonyl (C=O) groups excluding carboxylic acids is 1. The van der Waals surface area contributed by atoms with Crippen molar-refractivity contribution in [1.29, 1.82) is 0 Å². The molecule has 1 aliphatic rings. The van der Waals surface area contributed by atoms with Gasteiger partial charge in [-0.05, 0) is 18.6 Å². The zero-order valence-electron chi connectivity index (χ0n) is 14.5. The normalized spacial score (nSPS) is 14.9. The van der Waals surface area contributed by atoms with Gasteiger partial charge in [0, 0.05) is 24.5 Å². The summed E-state index contributed by atoms with van der Waals surface area (Å²) in [6, 6.07) is 6.25. The van der Waals surface area contributed by atoms with Gasteiger partial charge < -0.3 is 15.1 Å². The number of nitrogens with zero attached hydrogens (tertiary/aromatic N) is 4. The topological polar surface area (TPSA) is 106 Å². The van der Waals surface area contributed by atoms with Crippen LogP contribution >= 0.6 is 0 Å². The average molecular weight is 357 g/mol. The van der Waals surface area contributed by atoms with Gasteiger partial charge in [0.1, 0.15) is 0 Å². The molecule has 0 spiro atoms. The van der Waals surface area contributed by atoms with E-state index in [1.165, 1.54) is 12.1 Å². The summed E-state index contributed by atoms with van der Waals surface area (Å²) < 4.78 is 0. The van der Waals surface area contributed by atoms with E-state index in [0.29, 0.717) is 18.2 Å². The molecule has 0 saturated carbocycles. The second kappa shape index (κ2) is 7.87. The number of benzene rings is 1. The molecule has 0 aliphatic carbocycles. The summed E-state index contributed by atoms with van der Waals surface area (Å²) >= 11 is 0. The second-order valence-corrected chi connectivity index (χ2v) is 6.27. The average Bonchev–Trinajstić information content (AvgIpc) is 2.64. The van der Waals surface area contributed by atoms with E-state index in [1.54, 1.807) is 24.5 Å². The highest BCUT2D eigenvalue weighted by Gasteiger charge is 2.24. The molecule has 9 heteroatoms. The Morgan fingerprint density at radius 3 is 2.65 bits per heavy atom. The van der Waals surface area contributed by atoms with E-state index in [1.807, 2.05) is 6.92 Å². The molecule has 1 amide bonds. The van der Waals surface area contributed by atoms with Crippen molar-refractivity contribution in [2.24, 2.45) is 0 Å². The first-order chi connectivity index (χ1) is 12.5. The van der Waals surface area contributed by atoms with Crippen LogP contribution in [0.3, 0.4) is 0 Å². The molecule has 136 valence electrons. The summed E-state index contributed by atoms with van der Waals surface area (Å²) in [4.78, 5) is 34.5. The first-order valence-electron chi connectivity index (χ1n) is 8.43. The lowest BCUT2D eigenvalue weighted by atomic mass is 10.2. The predicted molar refractivity (Wildman–Crippen MR) is 96.3 cm³/mol. The van der Waals surface area contributed by atoms with E-state index in [4.69, 9.17) is 0 Å². The van der Waals surface area contributed by atoms with Crippen LogP contribution in [0, 0.1) is 17.0 Å². The fourth-order valence-corrected chi connectivity index (χ4v) is 2.93. The van der Waals surface area contributed by atoms with Gasteiger partial charge in [-0.25, -0.2) is 9.97 Å². The molecular weight excluding hydrogens is 336 g/mol. The third-order valence-corrected chi connectivity index (χ3v) is 4.42. The molecule has 2 N–H and O–H groups in total. The van der Waals surface area contributed by atoms with Crippen molar-refractivity contribution in [2.75, 3.05) is 42.9 Å². The van der Waals surface area contributed by atoms with Crippen LogP contribution in [0.15, 0.2) is 36.7 Å². The van der Waals surface area contributed by atoms with Crippen molar-refractivity contribution in [3.8, 4) is 0 Å². The van der Waals surface area contributed by atoms with Crippen molar-refractivity contribution in [3.63, 3.8) is 0 Å². The highest BCUT2D eigenvalue weighted by molar-refractivity contribution is 5.92. The van der Waals surface area contributed by atoms with Gasteiger partial charge in [0.05, 0.1) is 36.8 Å². The summed E-state index contributed by atoms with van der Waals surface area (Å²) in [7, 11) is 0. The number of nitro groups is 1. The molecule has 2 aromatic rings. The predicted octanol–water partition coefficient (Wildman–Crippen LogP) is 0.0368. The van der Waals surface area contributed by atoms with Crippen molar-refractivity contribution in [2.45, 2.75) is 6.92 Å². The minimum Gasteiger partial charge on any atom is -0.330 e. The van der Waals surface area contributed by atoms with Crippen LogP contribution in [-0.2, 0) is 4.79 Å². The van der Waals surface area contributed by atoms with E-state index < -0.39 is 4.92 Å². The standard InChI is InChI=1S/C17H20N6O3/c1-13-3-4-14(23(25)26)11-15(13)20-16(24)12-21-7-9-22(10-8-21)17-18-5-2-6-19-17/h2-6,11H,7-10,12H2,1H3,(H,20,24)/p+1. The molecule has 26 heavy (non-hydrogen) atoms. The van der Waals surface area contributed by atoms with Crippen molar-refractivity contribution in [1.82, 2.24) is 9.97 Å². The Balaban J connectivity index is 1.53. The van der Waals surface area contributed by atoms with Crippen LogP contribution in [-0.4, -0.2) is 53.5 Å². The van der Waals surface area contributed by atoms with E-state index in [9.17, 15) is 14.9 Å². The summed E-state index contributed by atoms with van der Waals surface area (Å²) in [5.74, 6) is 0.566. The Kier molecular flexibility index (Phi) is 5.37. The van der Waals surface area contributed by atoms with E-state index in [0.717, 1.165) is 36.6 Å². The molecule has 9 nitrogen and oxygen atoms in total. The van der Waals surface area contributed by atoms with E-state index >= 15 is 0 Å². The summed E-state index contributed by atoms with van der Waals surface area (Å²) in [5, 5.41) is 13.7. The van der Waals surface area contributed by atoms with Gasteiger partial charge in [0.2, 0.25) is 5.95 Å². The van der Waals surface area contributed by atoms with Gasteiger partial charge in [0.25, 0.3) is 11.6 Å². The van der Waals surface area contributed by atoms with Gasteiger partial charge in [-0.1, -0.05) is 6.07 Å². The molecular formula is C17H21N6O3+. The molecule has 1 aromatic heterocycles. The number of anilines is 2. The molecule has 2 heterocycles. The lowest BCUT2D eigenvalue weighted by molar-refractivity contribution is -0.892. The molecule has 1 fully saturated rings. The van der Waals surface area contributed by atoms with Gasteiger partial charge in [-0.3, -0.25) is 14.9 Å². The maximum atomic E-state index is 12.3. The highest BCUT2D eigenvalue weighted by Crippen LogP contribution is 2.21. The largest absolute Gasteiger partial charge is 0.330 e. The number of amides is 1. The Morgan fingerprint density at radius 2 is 2.00 bits per heavy atom. The Morgan fingerprint density at radius 1 is 1.31 bits per heavy atom. The Hall–Kier alpha value is -3.07. The van der Waals surface area contributed by atoms with Crippen LogP contribution < -0.4 is 15.1 Å². The number of aromatic nitrogens is 2. The molecule has 0 unspecified atom stereocenters. The highest BCUT2D eigenvalue weighted by atomic mass is 16.6. The van der Waals surface area contributed by atoms with Gasteiger partial charge >= 0.3 is 0 Å². The van der Waals surface area contributed by atoms with Crippen molar-refractivity contribution < 1.29 is 14.6 Å². The first-order valence-corrected chi connectivity index (χ1v) is 8.43. The third-order valence-electron chi connectivity index (χ3n) is 4.42. The Bertz CT molecular complexity index is 790. The molecule has 3 rings (SSSR count). The molecule has 1 aromatic carbocycles. The van der Waals surface area contributed by atoms with Crippen LogP contribution in [0.4, 0.5) is 17.3 Å². The molecule has 0 atom stereocenters. The number of quaternary nitrogens is 1. The SMILES string of the molecule is Cc1ccc([N+](=O)[O-])cc1NC(=O)C[NH+]1CCN(c2ncccn2)CC1. The monoisotopic (exact) mass is 357 g/mol. The summed E-state index contributed by atoms with van der Waals surface area (Å²) in [6.45, 7) is 5.31. The Labute approximate surface area is 150 Å². The fourth-order valence-electron chi connectivity index (χ4n) is 2.93. The van der Waals surface area contributed by atoms with Crippen LogP contribution in [0.2, 0.25) is 0 Å². The quantitative estimate of drug-likeness (QED) is 0.578. The lowest BCUT2D eigenvalue weighted by Gasteiger charge is -2.31. The lowest BCUT2D eigenvalue weighted by Crippen LogP contribution is -3.15. The minimum atomic E-state index is -0.467. The number of nitrogens with one attached hydrogen (secondary N) is 2. The molecule has 0 radical (unpaired) electrons. The van der Waals surface area contributed by atoms with Crippen LogP contribution in [0.25, 0.3) is 0 Å². The third kappa shape index (κ3) is 4.31. The smallest absolute Gasteiger partial charge is 0.279 e. The number of nitro benzene ring substituents is 1. The van der Waals surface area contributed by atoms with E-state index in [-0.39, 0.29) is 11.6 Å². The summed E-state index contributed by atoms with van der Waals surface area (Å²) in [6.07, 6.45) is 3.44. The number of non-ortho nitro benzene ring substituents is 1. The fraction of sp³-hybridized carbons (Fsp3) is 0.353. The summed E-state index contributed by atoms with van der Waals surface area (Å²) in [5.41, 5.74) is 1.25. The minimum absolute atomic E-state index is 0.0327. The van der Waals surface area contributed by atoms with Gasteiger partial charge in [0.15, 0.2) is 6.54 Å². The maximum Gasteiger partial charge on any atom is 0.279 e. The number of hydrogen-bond donors (Lipinski definition) is 2. The van der Waals surface area contributed by atoms with Gasteiger partial charge in [-0.15, -0.1) is 0 Å². The van der Waals surface area contributed by atoms with Crippen LogP contribution in [0.1, 0.15) is 5.56 Å². The van der Waals surface area contributed by atoms with Crippen LogP contribution in [0.5, 0.6) is 0 Å².